The average molecular weight is 485 g/mol. The number of hydrogen-bond donors (Lipinski definition) is 0. The SMILES string of the molecule is CC(C)(C)OOC(C)(C)C.CC(C)(C)OOC(C)(C)c1cccc(C(C)(C)OOC(C)(C)C)c1. The molecule has 1 aromatic rings. The fourth-order valence-electron chi connectivity index (χ4n) is 2.07. The summed E-state index contributed by atoms with van der Waals surface area (Å²) in [7, 11) is 0. The van der Waals surface area contributed by atoms with E-state index in [1.54, 1.807) is 0 Å². The zero-order valence-electron chi connectivity index (χ0n) is 24.8. The Kier molecular flexibility index (Phi) is 11.5. The predicted octanol–water partition coefficient (Wildman–Crippen LogP) is 8.18. The highest BCUT2D eigenvalue weighted by atomic mass is 17.2. The van der Waals surface area contributed by atoms with Crippen LogP contribution < -0.4 is 0 Å². The third-order valence-corrected chi connectivity index (χ3v) is 3.79. The van der Waals surface area contributed by atoms with E-state index in [9.17, 15) is 0 Å². The molecule has 0 amide bonds. The second-order valence-electron chi connectivity index (χ2n) is 13.6. The molecular weight excluding hydrogens is 432 g/mol. The molecule has 0 saturated carbocycles. The van der Waals surface area contributed by atoms with Crippen molar-refractivity contribution in [2.75, 3.05) is 0 Å². The van der Waals surface area contributed by atoms with Crippen LogP contribution in [0.4, 0.5) is 0 Å². The number of rotatable bonds is 7. The van der Waals surface area contributed by atoms with Gasteiger partial charge in [-0.15, -0.1) is 0 Å². The number of benzene rings is 1. The van der Waals surface area contributed by atoms with Gasteiger partial charge in [0.15, 0.2) is 0 Å². The smallest absolute Gasteiger partial charge is 0.123 e. The minimum Gasteiger partial charge on any atom is -0.230 e. The Hall–Kier alpha value is -1.02. The summed E-state index contributed by atoms with van der Waals surface area (Å²) in [6, 6.07) is 8.11. The van der Waals surface area contributed by atoms with Crippen LogP contribution in [0.2, 0.25) is 0 Å². The maximum Gasteiger partial charge on any atom is 0.123 e. The predicted molar refractivity (Wildman–Crippen MR) is 138 cm³/mol. The summed E-state index contributed by atoms with van der Waals surface area (Å²) >= 11 is 0. The Morgan fingerprint density at radius 3 is 0.853 bits per heavy atom. The lowest BCUT2D eigenvalue weighted by molar-refractivity contribution is -0.403. The van der Waals surface area contributed by atoms with Crippen LogP contribution in [0.3, 0.4) is 0 Å². The molecule has 1 aromatic carbocycles. The van der Waals surface area contributed by atoms with E-state index in [1.807, 2.05) is 129 Å². The van der Waals surface area contributed by atoms with Crippen molar-refractivity contribution in [3.8, 4) is 0 Å². The van der Waals surface area contributed by atoms with Crippen LogP contribution >= 0.6 is 0 Å². The van der Waals surface area contributed by atoms with E-state index in [-0.39, 0.29) is 22.4 Å². The molecule has 1 rings (SSSR count). The van der Waals surface area contributed by atoms with Gasteiger partial charge >= 0.3 is 0 Å². The lowest BCUT2D eigenvalue weighted by Crippen LogP contribution is -2.31. The number of hydrogen-bond acceptors (Lipinski definition) is 6. The Balaban J connectivity index is 0.000000916. The topological polar surface area (TPSA) is 55.4 Å². The molecule has 0 aliphatic rings. The maximum atomic E-state index is 5.69. The summed E-state index contributed by atoms with van der Waals surface area (Å²) in [6.07, 6.45) is 0. The van der Waals surface area contributed by atoms with Crippen LogP contribution in [0, 0.1) is 0 Å². The minimum atomic E-state index is -0.579. The highest BCUT2D eigenvalue weighted by molar-refractivity contribution is 5.30. The zero-order valence-corrected chi connectivity index (χ0v) is 24.8. The molecule has 0 aromatic heterocycles. The molecule has 0 bridgehead atoms. The first-order chi connectivity index (χ1) is 14.8. The van der Waals surface area contributed by atoms with Gasteiger partial charge in [-0.25, -0.2) is 29.3 Å². The van der Waals surface area contributed by atoms with Crippen molar-refractivity contribution >= 4 is 0 Å². The molecule has 0 aliphatic carbocycles. The molecule has 0 spiro atoms. The quantitative estimate of drug-likeness (QED) is 0.287. The van der Waals surface area contributed by atoms with Crippen molar-refractivity contribution in [2.45, 2.75) is 144 Å². The van der Waals surface area contributed by atoms with Gasteiger partial charge in [-0.2, -0.15) is 0 Å². The lowest BCUT2D eigenvalue weighted by atomic mass is 9.91. The van der Waals surface area contributed by atoms with Gasteiger partial charge in [-0.3, -0.25) is 0 Å². The summed E-state index contributed by atoms with van der Waals surface area (Å²) in [5.41, 5.74) is -0.293. The van der Waals surface area contributed by atoms with Gasteiger partial charge in [0.2, 0.25) is 0 Å². The summed E-state index contributed by atoms with van der Waals surface area (Å²) in [4.78, 5) is 32.6. The van der Waals surface area contributed by atoms with Crippen molar-refractivity contribution in [1.29, 1.82) is 0 Å². The first-order valence-corrected chi connectivity index (χ1v) is 12.0. The molecule has 6 heteroatoms. The van der Waals surface area contributed by atoms with Crippen LogP contribution in [0.25, 0.3) is 0 Å². The highest BCUT2D eigenvalue weighted by Crippen LogP contribution is 2.32. The van der Waals surface area contributed by atoms with Crippen molar-refractivity contribution in [3.63, 3.8) is 0 Å². The van der Waals surface area contributed by atoms with E-state index < -0.39 is 11.2 Å². The summed E-state index contributed by atoms with van der Waals surface area (Å²) in [6.45, 7) is 31.4. The van der Waals surface area contributed by atoms with E-state index in [0.717, 1.165) is 11.1 Å². The van der Waals surface area contributed by atoms with Crippen LogP contribution in [-0.2, 0) is 40.5 Å². The summed E-state index contributed by atoms with van der Waals surface area (Å²) in [5, 5.41) is 0. The average Bonchev–Trinajstić information content (AvgIpc) is 2.62. The van der Waals surface area contributed by atoms with Gasteiger partial charge in [0.25, 0.3) is 0 Å². The normalized spacial score (nSPS) is 14.0. The van der Waals surface area contributed by atoms with E-state index in [1.165, 1.54) is 0 Å². The van der Waals surface area contributed by atoms with E-state index in [4.69, 9.17) is 29.3 Å². The Morgan fingerprint density at radius 1 is 0.382 bits per heavy atom. The van der Waals surface area contributed by atoms with E-state index in [0.29, 0.717) is 0 Å². The van der Waals surface area contributed by atoms with Crippen LogP contribution in [0.1, 0.15) is 122 Å². The molecule has 200 valence electrons. The molecule has 6 nitrogen and oxygen atoms in total. The van der Waals surface area contributed by atoms with Gasteiger partial charge in [-0.1, -0.05) is 18.2 Å². The molecular formula is C28H52O6. The Labute approximate surface area is 209 Å². The van der Waals surface area contributed by atoms with Gasteiger partial charge < -0.3 is 0 Å². The monoisotopic (exact) mass is 484 g/mol. The van der Waals surface area contributed by atoms with Gasteiger partial charge in [-0.05, 0) is 128 Å². The Morgan fingerprint density at radius 2 is 0.618 bits per heavy atom. The second-order valence-corrected chi connectivity index (χ2v) is 13.6. The fraction of sp³-hybridized carbons (Fsp3) is 0.786. The first kappa shape index (κ1) is 33.0. The lowest BCUT2D eigenvalue weighted by Gasteiger charge is -2.32. The van der Waals surface area contributed by atoms with Crippen molar-refractivity contribution in [2.24, 2.45) is 0 Å². The molecule has 0 saturated heterocycles. The van der Waals surface area contributed by atoms with Gasteiger partial charge in [0, 0.05) is 0 Å². The molecule has 0 N–H and O–H groups in total. The molecule has 0 heterocycles. The van der Waals surface area contributed by atoms with Crippen molar-refractivity contribution in [3.05, 3.63) is 35.4 Å². The van der Waals surface area contributed by atoms with Crippen LogP contribution in [0.15, 0.2) is 24.3 Å². The second kappa shape index (κ2) is 11.8. The van der Waals surface area contributed by atoms with Crippen molar-refractivity contribution in [1.82, 2.24) is 0 Å². The van der Waals surface area contributed by atoms with E-state index in [2.05, 4.69) is 6.07 Å². The zero-order chi connectivity index (χ0) is 27.2. The summed E-state index contributed by atoms with van der Waals surface area (Å²) < 4.78 is 0. The van der Waals surface area contributed by atoms with Gasteiger partial charge in [0.05, 0.1) is 22.4 Å². The largest absolute Gasteiger partial charge is 0.230 e. The molecule has 0 aliphatic heterocycles. The molecule has 0 atom stereocenters. The molecule has 34 heavy (non-hydrogen) atoms. The highest BCUT2D eigenvalue weighted by Gasteiger charge is 2.30. The maximum absolute atomic E-state index is 5.69. The third kappa shape index (κ3) is 15.8. The molecule has 0 radical (unpaired) electrons. The third-order valence-electron chi connectivity index (χ3n) is 3.79. The van der Waals surface area contributed by atoms with Crippen molar-refractivity contribution < 1.29 is 29.3 Å². The van der Waals surface area contributed by atoms with E-state index >= 15 is 0 Å². The Bertz CT molecular complexity index is 666. The first-order valence-electron chi connectivity index (χ1n) is 12.0. The fourth-order valence-corrected chi connectivity index (χ4v) is 2.07. The molecule has 0 fully saturated rings. The van der Waals surface area contributed by atoms with Crippen LogP contribution in [-0.4, -0.2) is 22.4 Å². The molecule has 0 unspecified atom stereocenters. The van der Waals surface area contributed by atoms with Crippen LogP contribution in [0.5, 0.6) is 0 Å². The summed E-state index contributed by atoms with van der Waals surface area (Å²) in [5.74, 6) is 0. The van der Waals surface area contributed by atoms with Gasteiger partial charge in [0.1, 0.15) is 11.2 Å². The minimum absolute atomic E-state index is 0.215. The standard InChI is InChI=1S/C20H34O4.C8H18O2/c1-17(2,3)21-23-19(7,8)15-12-11-13-16(14-15)20(9,10)24-22-18(4,5)6;1-7(2,3)9-10-8(4,5)6/h11-14H,1-10H3;1-6H3.